The lowest BCUT2D eigenvalue weighted by Crippen LogP contribution is -2.42. The summed E-state index contributed by atoms with van der Waals surface area (Å²) in [6, 6.07) is 0. The predicted octanol–water partition coefficient (Wildman–Crippen LogP) is 2.39. The van der Waals surface area contributed by atoms with E-state index in [1.54, 1.807) is 18.2 Å². The average Bonchev–Trinajstić information content (AvgIpc) is 3.55. The first-order valence-corrected chi connectivity index (χ1v) is 12.3. The Balaban J connectivity index is 1.47. The molecular weight excluding hydrogens is 428 g/mol. The molecule has 10 heteroatoms. The van der Waals surface area contributed by atoms with E-state index in [9.17, 15) is 27.1 Å². The molecule has 7 nitrogen and oxygen atoms in total. The Labute approximate surface area is 180 Å². The maximum absolute atomic E-state index is 13.7. The number of carbonyl (C=O) groups excluding carboxylic acids is 1. The van der Waals surface area contributed by atoms with Crippen LogP contribution in [0.15, 0.2) is 33.8 Å². The van der Waals surface area contributed by atoms with Gasteiger partial charge >= 0.3 is 0 Å². The summed E-state index contributed by atoms with van der Waals surface area (Å²) in [5.74, 6) is -1.51. The summed E-state index contributed by atoms with van der Waals surface area (Å²) in [6.45, 7) is 0.0971. The van der Waals surface area contributed by atoms with Gasteiger partial charge in [-0.2, -0.15) is 0 Å². The molecule has 0 aromatic rings. The van der Waals surface area contributed by atoms with Crippen LogP contribution in [-0.2, 0) is 14.6 Å². The summed E-state index contributed by atoms with van der Waals surface area (Å²) in [6.07, 6.45) is 4.66. The number of carbonyl (C=O) groups is 1. The maximum Gasteiger partial charge on any atom is 0.229 e. The molecule has 2 saturated carbocycles. The molecule has 170 valence electrons. The van der Waals surface area contributed by atoms with E-state index >= 15 is 0 Å². The highest BCUT2D eigenvalue weighted by Crippen LogP contribution is 2.39. The Bertz CT molecular complexity index is 932. The van der Waals surface area contributed by atoms with Gasteiger partial charge in [0.25, 0.3) is 0 Å². The SMILES string of the molecule is O=C(NC1CN=C(O)C=N1)C(C[C@H]1C[C@@H](F)[C@@H](F)C1)C1=CCC(S(=O)(=O)C2CC2)C=C1. The Hall–Kier alpha value is -2.10. The molecule has 1 heterocycles. The number of halogens is 2. The number of alkyl halides is 2. The molecule has 0 radical (unpaired) electrons. The lowest BCUT2D eigenvalue weighted by Gasteiger charge is -2.26. The number of sulfone groups is 1. The van der Waals surface area contributed by atoms with Gasteiger partial charge < -0.3 is 10.4 Å². The minimum absolute atomic E-state index is 0.0698. The monoisotopic (exact) mass is 455 g/mol. The van der Waals surface area contributed by atoms with E-state index in [1.165, 1.54) is 0 Å². The number of aliphatic imine (C=N–C) groups is 2. The first-order valence-electron chi connectivity index (χ1n) is 10.7. The number of aliphatic hydroxyl groups excluding tert-OH is 1. The molecule has 3 aliphatic carbocycles. The van der Waals surface area contributed by atoms with Gasteiger partial charge in [-0.1, -0.05) is 18.2 Å². The summed E-state index contributed by atoms with van der Waals surface area (Å²) < 4.78 is 52.4. The summed E-state index contributed by atoms with van der Waals surface area (Å²) in [4.78, 5) is 20.9. The van der Waals surface area contributed by atoms with Gasteiger partial charge in [0.05, 0.1) is 29.2 Å². The van der Waals surface area contributed by atoms with Crippen LogP contribution in [0.2, 0.25) is 0 Å². The van der Waals surface area contributed by atoms with Crippen molar-refractivity contribution in [1.82, 2.24) is 5.32 Å². The molecule has 3 unspecified atom stereocenters. The van der Waals surface area contributed by atoms with E-state index < -0.39 is 39.5 Å². The summed E-state index contributed by atoms with van der Waals surface area (Å²) in [5.41, 5.74) is 0.656. The minimum Gasteiger partial charge on any atom is -0.492 e. The number of hydrogen-bond acceptors (Lipinski definition) is 5. The van der Waals surface area contributed by atoms with Crippen LogP contribution in [0, 0.1) is 11.8 Å². The fourth-order valence-electron chi connectivity index (χ4n) is 4.48. The molecule has 0 saturated heterocycles. The van der Waals surface area contributed by atoms with Crippen LogP contribution in [-0.4, -0.2) is 67.1 Å². The molecule has 4 aliphatic rings. The highest BCUT2D eigenvalue weighted by atomic mass is 32.2. The van der Waals surface area contributed by atoms with Gasteiger partial charge in [-0.3, -0.25) is 9.79 Å². The average molecular weight is 456 g/mol. The first kappa shape index (κ1) is 22.1. The Morgan fingerprint density at radius 2 is 1.97 bits per heavy atom. The van der Waals surface area contributed by atoms with E-state index in [2.05, 4.69) is 15.3 Å². The molecule has 4 rings (SSSR count). The van der Waals surface area contributed by atoms with Crippen LogP contribution in [0.25, 0.3) is 0 Å². The fraction of sp³-hybridized carbons (Fsp3) is 0.667. The molecule has 31 heavy (non-hydrogen) atoms. The second-order valence-electron chi connectivity index (χ2n) is 8.78. The Kier molecular flexibility index (Phi) is 6.27. The first-order chi connectivity index (χ1) is 14.7. The van der Waals surface area contributed by atoms with Crippen molar-refractivity contribution in [3.05, 3.63) is 23.8 Å². The van der Waals surface area contributed by atoms with Gasteiger partial charge in [-0.15, -0.1) is 0 Å². The quantitative estimate of drug-likeness (QED) is 0.614. The molecule has 0 spiro atoms. The minimum atomic E-state index is -3.21. The third-order valence-electron chi connectivity index (χ3n) is 6.40. The second-order valence-corrected chi connectivity index (χ2v) is 11.2. The third-order valence-corrected chi connectivity index (χ3v) is 9.00. The van der Waals surface area contributed by atoms with Gasteiger partial charge in [0.2, 0.25) is 11.8 Å². The largest absolute Gasteiger partial charge is 0.492 e. The molecule has 2 N–H and O–H groups in total. The third kappa shape index (κ3) is 5.05. The molecular formula is C21H27F2N3O4S. The van der Waals surface area contributed by atoms with Crippen molar-refractivity contribution in [3.8, 4) is 0 Å². The highest BCUT2D eigenvalue weighted by molar-refractivity contribution is 7.93. The van der Waals surface area contributed by atoms with Crippen molar-refractivity contribution < 1.29 is 27.1 Å². The van der Waals surface area contributed by atoms with Crippen LogP contribution < -0.4 is 5.32 Å². The van der Waals surface area contributed by atoms with Crippen molar-refractivity contribution in [2.24, 2.45) is 21.8 Å². The summed E-state index contributed by atoms with van der Waals surface area (Å²) >= 11 is 0. The van der Waals surface area contributed by atoms with Gasteiger partial charge in [0.15, 0.2) is 9.84 Å². The van der Waals surface area contributed by atoms with Crippen molar-refractivity contribution >= 4 is 27.9 Å². The zero-order valence-corrected chi connectivity index (χ0v) is 17.8. The molecule has 0 aromatic heterocycles. The molecule has 2 fully saturated rings. The van der Waals surface area contributed by atoms with E-state index in [1.807, 2.05) is 0 Å². The number of allylic oxidation sites excluding steroid dienone is 2. The van der Waals surface area contributed by atoms with Crippen LogP contribution in [0.4, 0.5) is 8.78 Å². The number of aliphatic hydroxyl groups is 1. The Morgan fingerprint density at radius 3 is 2.52 bits per heavy atom. The van der Waals surface area contributed by atoms with Crippen molar-refractivity contribution in [3.63, 3.8) is 0 Å². The van der Waals surface area contributed by atoms with Crippen molar-refractivity contribution in [1.29, 1.82) is 0 Å². The number of amides is 1. The number of nitrogens with one attached hydrogen (secondary N) is 1. The van der Waals surface area contributed by atoms with Gasteiger partial charge in [0, 0.05) is 0 Å². The van der Waals surface area contributed by atoms with E-state index in [0.29, 0.717) is 18.4 Å². The smallest absolute Gasteiger partial charge is 0.229 e. The van der Waals surface area contributed by atoms with Crippen LogP contribution in [0.5, 0.6) is 0 Å². The lowest BCUT2D eigenvalue weighted by molar-refractivity contribution is -0.124. The summed E-state index contributed by atoms with van der Waals surface area (Å²) in [7, 11) is -3.21. The Morgan fingerprint density at radius 1 is 1.26 bits per heavy atom. The molecule has 0 aromatic carbocycles. The van der Waals surface area contributed by atoms with Crippen molar-refractivity contribution in [2.75, 3.05) is 6.54 Å². The normalized spacial score (nSPS) is 34.2. The standard InChI is InChI=1S/C21H27F2N3O4S/c22-17-8-12(9-18(17)23)7-16(21(28)26-19-10-25-20(27)11-24-19)13-1-3-14(4-2-13)31(29,30)15-5-6-15/h1-3,11-12,14-19H,4-10H2,(H,25,27)(H,26,28)/t12-,14?,16?,17+,18-,19?. The number of nitrogens with zero attached hydrogens (tertiary/aromatic N) is 2. The molecule has 6 atom stereocenters. The van der Waals surface area contributed by atoms with Gasteiger partial charge in [-0.25, -0.2) is 22.2 Å². The molecule has 1 amide bonds. The zero-order chi connectivity index (χ0) is 22.2. The summed E-state index contributed by atoms with van der Waals surface area (Å²) in [5, 5.41) is 11.2. The highest BCUT2D eigenvalue weighted by Gasteiger charge is 2.41. The van der Waals surface area contributed by atoms with E-state index in [0.717, 1.165) is 6.21 Å². The van der Waals surface area contributed by atoms with Gasteiger partial charge in [-0.05, 0) is 50.0 Å². The zero-order valence-electron chi connectivity index (χ0n) is 17.0. The second kappa shape index (κ2) is 8.80. The number of hydrogen-bond donors (Lipinski definition) is 2. The molecule has 0 bridgehead atoms. The fourth-order valence-corrected chi connectivity index (χ4v) is 6.43. The van der Waals surface area contributed by atoms with Gasteiger partial charge in [0.1, 0.15) is 18.5 Å². The van der Waals surface area contributed by atoms with Crippen LogP contribution in [0.1, 0.15) is 38.5 Å². The number of rotatable bonds is 7. The van der Waals surface area contributed by atoms with E-state index in [4.69, 9.17) is 0 Å². The van der Waals surface area contributed by atoms with E-state index in [-0.39, 0.29) is 55.2 Å². The van der Waals surface area contributed by atoms with Crippen molar-refractivity contribution in [2.45, 2.75) is 67.5 Å². The van der Waals surface area contributed by atoms with Crippen LogP contribution in [0.3, 0.4) is 0 Å². The molecule has 1 aliphatic heterocycles. The van der Waals surface area contributed by atoms with Crippen LogP contribution >= 0.6 is 0 Å². The maximum atomic E-state index is 13.7. The lowest BCUT2D eigenvalue weighted by atomic mass is 9.84. The predicted molar refractivity (Wildman–Crippen MR) is 114 cm³/mol. The topological polar surface area (TPSA) is 108 Å².